The van der Waals surface area contributed by atoms with E-state index >= 15 is 0 Å². The third-order valence-electron chi connectivity index (χ3n) is 3.35. The van der Waals surface area contributed by atoms with Gasteiger partial charge < -0.3 is 9.13 Å². The number of unbranched alkanes of at least 4 members (excludes halogenated alkanes) is 1. The van der Waals surface area contributed by atoms with Crippen molar-refractivity contribution in [3.63, 3.8) is 0 Å². The second-order valence-electron chi connectivity index (χ2n) is 4.60. The summed E-state index contributed by atoms with van der Waals surface area (Å²) in [5, 5.41) is 0. The Kier molecular flexibility index (Phi) is 3.97. The number of rotatable bonds is 6. The van der Waals surface area contributed by atoms with Crippen LogP contribution in [-0.4, -0.2) is 20.4 Å². The van der Waals surface area contributed by atoms with E-state index in [1.807, 2.05) is 25.5 Å². The minimum Gasteiger partial charge on any atom is -0.348 e. The summed E-state index contributed by atoms with van der Waals surface area (Å²) < 4.78 is 4.31. The smallest absolute Gasteiger partial charge is 0.151 e. The van der Waals surface area contributed by atoms with Crippen LogP contribution in [-0.2, 0) is 13.1 Å². The summed E-state index contributed by atoms with van der Waals surface area (Å²) in [5.74, 6) is 0. The Hall–Kier alpha value is -1.84. The molecule has 0 aliphatic heterocycles. The van der Waals surface area contributed by atoms with Gasteiger partial charge in [0.25, 0.3) is 0 Å². The van der Waals surface area contributed by atoms with Gasteiger partial charge in [-0.25, -0.2) is 4.98 Å². The van der Waals surface area contributed by atoms with Crippen molar-refractivity contribution >= 4 is 6.29 Å². The fraction of sp³-hybridized carbons (Fsp3) is 0.429. The van der Waals surface area contributed by atoms with E-state index in [-0.39, 0.29) is 0 Å². The molecule has 0 spiro atoms. The van der Waals surface area contributed by atoms with Crippen LogP contribution < -0.4 is 0 Å². The highest BCUT2D eigenvalue weighted by Crippen LogP contribution is 2.14. The maximum atomic E-state index is 10.9. The number of carbonyl (C=O) groups is 1. The first-order valence-electron chi connectivity index (χ1n) is 6.30. The van der Waals surface area contributed by atoms with Gasteiger partial charge in [-0.05, 0) is 32.8 Å². The van der Waals surface area contributed by atoms with E-state index in [2.05, 4.69) is 21.0 Å². The SMILES string of the molecule is Cc1cc(C=O)c(C)n1CCCCn1ccnc1. The van der Waals surface area contributed by atoms with Gasteiger partial charge in [0.1, 0.15) is 0 Å². The lowest BCUT2D eigenvalue weighted by Gasteiger charge is -2.09. The Labute approximate surface area is 107 Å². The van der Waals surface area contributed by atoms with E-state index in [4.69, 9.17) is 0 Å². The zero-order valence-corrected chi connectivity index (χ0v) is 11.0. The normalized spacial score (nSPS) is 10.8. The van der Waals surface area contributed by atoms with Gasteiger partial charge in [-0.1, -0.05) is 0 Å². The van der Waals surface area contributed by atoms with E-state index < -0.39 is 0 Å². The lowest BCUT2D eigenvalue weighted by Crippen LogP contribution is -2.04. The predicted octanol–water partition coefficient (Wildman–Crippen LogP) is 2.59. The van der Waals surface area contributed by atoms with Crippen LogP contribution in [0.2, 0.25) is 0 Å². The van der Waals surface area contributed by atoms with E-state index in [1.54, 1.807) is 6.20 Å². The van der Waals surface area contributed by atoms with Crippen LogP contribution in [0.3, 0.4) is 0 Å². The second kappa shape index (κ2) is 5.67. The van der Waals surface area contributed by atoms with Crippen molar-refractivity contribution in [2.75, 3.05) is 0 Å². The molecule has 0 atom stereocenters. The number of aryl methyl sites for hydroxylation is 2. The number of aldehydes is 1. The third-order valence-corrected chi connectivity index (χ3v) is 3.35. The second-order valence-corrected chi connectivity index (χ2v) is 4.60. The monoisotopic (exact) mass is 245 g/mol. The Bertz CT molecular complexity index is 511. The lowest BCUT2D eigenvalue weighted by molar-refractivity contribution is 0.112. The summed E-state index contributed by atoms with van der Waals surface area (Å²) in [7, 11) is 0. The van der Waals surface area contributed by atoms with Crippen LogP contribution in [0.5, 0.6) is 0 Å². The van der Waals surface area contributed by atoms with Gasteiger partial charge >= 0.3 is 0 Å². The highest BCUT2D eigenvalue weighted by molar-refractivity contribution is 5.77. The molecule has 0 aromatic carbocycles. The van der Waals surface area contributed by atoms with Gasteiger partial charge in [-0.2, -0.15) is 0 Å². The van der Waals surface area contributed by atoms with Gasteiger partial charge in [0.2, 0.25) is 0 Å². The molecule has 4 nitrogen and oxygen atoms in total. The van der Waals surface area contributed by atoms with Crippen LogP contribution in [0, 0.1) is 13.8 Å². The topological polar surface area (TPSA) is 39.8 Å². The molecule has 0 amide bonds. The van der Waals surface area contributed by atoms with Crippen LogP contribution in [0.4, 0.5) is 0 Å². The molecular formula is C14H19N3O. The van der Waals surface area contributed by atoms with Crippen LogP contribution in [0.15, 0.2) is 24.8 Å². The Morgan fingerprint density at radius 2 is 2.06 bits per heavy atom. The fourth-order valence-electron chi connectivity index (χ4n) is 2.27. The van der Waals surface area contributed by atoms with E-state index in [0.29, 0.717) is 0 Å². The molecule has 96 valence electrons. The Morgan fingerprint density at radius 3 is 2.67 bits per heavy atom. The largest absolute Gasteiger partial charge is 0.348 e. The molecule has 0 bridgehead atoms. The number of nitrogens with zero attached hydrogens (tertiary/aromatic N) is 3. The summed E-state index contributed by atoms with van der Waals surface area (Å²) in [4.78, 5) is 14.9. The molecule has 4 heteroatoms. The van der Waals surface area contributed by atoms with Crippen molar-refractivity contribution in [2.24, 2.45) is 0 Å². The van der Waals surface area contributed by atoms with Crippen molar-refractivity contribution < 1.29 is 4.79 Å². The lowest BCUT2D eigenvalue weighted by atomic mass is 10.2. The molecule has 2 heterocycles. The van der Waals surface area contributed by atoms with Crippen LogP contribution in [0.1, 0.15) is 34.6 Å². The maximum Gasteiger partial charge on any atom is 0.151 e. The molecule has 2 rings (SSSR count). The number of carbonyl (C=O) groups excluding carboxylic acids is 1. The summed E-state index contributed by atoms with van der Waals surface area (Å²) in [6.07, 6.45) is 8.78. The zero-order chi connectivity index (χ0) is 13.0. The molecule has 0 saturated heterocycles. The standard InChI is InChI=1S/C14H19N3O/c1-12-9-14(10-18)13(2)17(12)7-4-3-6-16-8-5-15-11-16/h5,8-11H,3-4,6-7H2,1-2H3. The third kappa shape index (κ3) is 2.70. The first-order chi connectivity index (χ1) is 8.72. The average Bonchev–Trinajstić information content (AvgIpc) is 2.96. The van der Waals surface area contributed by atoms with E-state index in [1.165, 1.54) is 0 Å². The van der Waals surface area contributed by atoms with Crippen LogP contribution >= 0.6 is 0 Å². The van der Waals surface area contributed by atoms with Gasteiger partial charge in [-0.3, -0.25) is 4.79 Å². The van der Waals surface area contributed by atoms with Crippen LogP contribution in [0.25, 0.3) is 0 Å². The molecule has 0 aliphatic carbocycles. The number of hydrogen-bond donors (Lipinski definition) is 0. The summed E-state index contributed by atoms with van der Waals surface area (Å²) in [5.41, 5.74) is 3.05. The van der Waals surface area contributed by atoms with Gasteiger partial charge in [0, 0.05) is 42.4 Å². The average molecular weight is 245 g/mol. The van der Waals surface area contributed by atoms with Gasteiger partial charge in [-0.15, -0.1) is 0 Å². The molecule has 2 aromatic rings. The molecule has 0 aliphatic rings. The molecule has 2 aromatic heterocycles. The molecule has 0 fully saturated rings. The van der Waals surface area contributed by atoms with Crippen molar-refractivity contribution in [1.29, 1.82) is 0 Å². The van der Waals surface area contributed by atoms with E-state index in [0.717, 1.165) is 49.2 Å². The zero-order valence-electron chi connectivity index (χ0n) is 11.0. The minimum atomic E-state index is 0.808. The number of aromatic nitrogens is 3. The summed E-state index contributed by atoms with van der Waals surface area (Å²) >= 11 is 0. The van der Waals surface area contributed by atoms with E-state index in [9.17, 15) is 4.79 Å². The highest BCUT2D eigenvalue weighted by Gasteiger charge is 2.07. The van der Waals surface area contributed by atoms with Gasteiger partial charge in [0.05, 0.1) is 6.33 Å². The van der Waals surface area contributed by atoms with Crippen molar-refractivity contribution in [3.05, 3.63) is 41.7 Å². The van der Waals surface area contributed by atoms with Crippen molar-refractivity contribution in [2.45, 2.75) is 39.8 Å². The molecule has 18 heavy (non-hydrogen) atoms. The molecule has 0 N–H and O–H groups in total. The number of imidazole rings is 1. The first-order valence-corrected chi connectivity index (χ1v) is 6.30. The quantitative estimate of drug-likeness (QED) is 0.579. The Balaban J connectivity index is 1.86. The van der Waals surface area contributed by atoms with Gasteiger partial charge in [0.15, 0.2) is 6.29 Å². The van der Waals surface area contributed by atoms with Crippen molar-refractivity contribution in [1.82, 2.24) is 14.1 Å². The summed E-state index contributed by atoms with van der Waals surface area (Å²) in [6.45, 7) is 6.03. The van der Waals surface area contributed by atoms with Crippen molar-refractivity contribution in [3.8, 4) is 0 Å². The number of hydrogen-bond acceptors (Lipinski definition) is 2. The highest BCUT2D eigenvalue weighted by atomic mass is 16.1. The first kappa shape index (κ1) is 12.6. The fourth-order valence-corrected chi connectivity index (χ4v) is 2.27. The minimum absolute atomic E-state index is 0.808. The molecule has 0 radical (unpaired) electrons. The summed E-state index contributed by atoms with van der Waals surface area (Å²) in [6, 6.07) is 1.96. The molecular weight excluding hydrogens is 226 g/mol. The Morgan fingerprint density at radius 1 is 1.28 bits per heavy atom. The maximum absolute atomic E-state index is 10.9. The molecule has 0 unspecified atom stereocenters. The molecule has 0 saturated carbocycles. The predicted molar refractivity (Wildman–Crippen MR) is 70.8 cm³/mol.